The third-order valence-corrected chi connectivity index (χ3v) is 4.74. The summed E-state index contributed by atoms with van der Waals surface area (Å²) in [5.74, 6) is 1.29. The molecule has 1 saturated heterocycles. The second kappa shape index (κ2) is 8.31. The van der Waals surface area contributed by atoms with E-state index in [9.17, 15) is 4.79 Å². The van der Waals surface area contributed by atoms with Gasteiger partial charge in [-0.3, -0.25) is 9.69 Å². The smallest absolute Gasteiger partial charge is 0.281 e. The number of ether oxygens (including phenoxy) is 3. The predicted octanol–water partition coefficient (Wildman–Crippen LogP) is 3.54. The number of hydrogen-bond acceptors (Lipinski definition) is 5. The molecule has 1 aliphatic heterocycles. The van der Waals surface area contributed by atoms with Gasteiger partial charge in [0.15, 0.2) is 16.6 Å². The Bertz CT molecular complexity index is 930. The number of carbonyl (C=O) groups is 1. The fraction of sp³-hybridized carbons (Fsp3) is 0.238. The van der Waals surface area contributed by atoms with Gasteiger partial charge in [-0.25, -0.2) is 0 Å². The van der Waals surface area contributed by atoms with Gasteiger partial charge in [0.2, 0.25) is 5.75 Å². The number of hydrogen-bond donors (Lipinski definition) is 1. The van der Waals surface area contributed by atoms with Gasteiger partial charge in [0, 0.05) is 0 Å². The summed E-state index contributed by atoms with van der Waals surface area (Å²) in [6.07, 6.45) is 2.59. The first-order valence-electron chi connectivity index (χ1n) is 8.78. The lowest BCUT2D eigenvalue weighted by Gasteiger charge is -2.15. The van der Waals surface area contributed by atoms with Crippen molar-refractivity contribution in [3.63, 3.8) is 0 Å². The molecule has 28 heavy (non-hydrogen) atoms. The van der Waals surface area contributed by atoms with Crippen LogP contribution in [0.2, 0.25) is 0 Å². The molecule has 3 rings (SSSR count). The van der Waals surface area contributed by atoms with Crippen molar-refractivity contribution in [1.29, 1.82) is 0 Å². The molecular formula is C21H22N2O4S. The monoisotopic (exact) mass is 398 g/mol. The van der Waals surface area contributed by atoms with Crippen molar-refractivity contribution in [2.45, 2.75) is 13.3 Å². The second-order valence-electron chi connectivity index (χ2n) is 6.11. The molecule has 2 aromatic carbocycles. The van der Waals surface area contributed by atoms with Gasteiger partial charge in [0.25, 0.3) is 5.91 Å². The molecule has 1 aliphatic rings. The molecule has 0 aromatic heterocycles. The molecule has 1 amide bonds. The van der Waals surface area contributed by atoms with Gasteiger partial charge in [0.05, 0.1) is 27.0 Å². The molecule has 7 heteroatoms. The Balaban J connectivity index is 1.98. The number of methoxy groups -OCH3 is 3. The Hall–Kier alpha value is -3.06. The zero-order valence-corrected chi connectivity index (χ0v) is 17.1. The van der Waals surface area contributed by atoms with Crippen molar-refractivity contribution in [2.75, 3.05) is 26.2 Å². The van der Waals surface area contributed by atoms with E-state index in [1.807, 2.05) is 24.3 Å². The van der Waals surface area contributed by atoms with E-state index in [0.717, 1.165) is 23.2 Å². The predicted molar refractivity (Wildman–Crippen MR) is 113 cm³/mol. The molecule has 0 bridgehead atoms. The molecule has 0 saturated carbocycles. The number of anilines is 1. The van der Waals surface area contributed by atoms with Crippen molar-refractivity contribution in [3.05, 3.63) is 53.2 Å². The Morgan fingerprint density at radius 3 is 2.32 bits per heavy atom. The van der Waals surface area contributed by atoms with Crippen molar-refractivity contribution in [1.82, 2.24) is 5.32 Å². The molecule has 1 fully saturated rings. The summed E-state index contributed by atoms with van der Waals surface area (Å²) in [6, 6.07) is 11.3. The molecule has 1 N–H and O–H groups in total. The van der Waals surface area contributed by atoms with Gasteiger partial charge in [-0.1, -0.05) is 19.1 Å². The van der Waals surface area contributed by atoms with E-state index in [1.165, 1.54) is 4.90 Å². The minimum absolute atomic E-state index is 0.216. The molecule has 0 atom stereocenters. The summed E-state index contributed by atoms with van der Waals surface area (Å²) < 4.78 is 16.1. The van der Waals surface area contributed by atoms with Crippen LogP contribution < -0.4 is 24.4 Å². The van der Waals surface area contributed by atoms with Gasteiger partial charge < -0.3 is 19.5 Å². The Kier molecular flexibility index (Phi) is 5.84. The normalized spacial score (nSPS) is 15.0. The minimum atomic E-state index is -0.216. The van der Waals surface area contributed by atoms with E-state index in [-0.39, 0.29) is 5.91 Å². The molecule has 146 valence electrons. The summed E-state index contributed by atoms with van der Waals surface area (Å²) >= 11 is 5.39. The Labute approximate surface area is 169 Å². The van der Waals surface area contributed by atoms with E-state index in [4.69, 9.17) is 26.4 Å². The highest BCUT2D eigenvalue weighted by Crippen LogP contribution is 2.39. The lowest BCUT2D eigenvalue weighted by Crippen LogP contribution is -2.30. The SMILES string of the molecule is CCc1cccc(N2C(=O)/C(=C\c3cc(OC)c(OC)c(OC)c3)NC2=S)c1. The van der Waals surface area contributed by atoms with Gasteiger partial charge in [-0.05, 0) is 60.1 Å². The highest BCUT2D eigenvalue weighted by molar-refractivity contribution is 7.80. The topological polar surface area (TPSA) is 60.0 Å². The molecule has 6 nitrogen and oxygen atoms in total. The number of aryl methyl sites for hydroxylation is 1. The quantitative estimate of drug-likeness (QED) is 0.593. The molecule has 0 radical (unpaired) electrons. The van der Waals surface area contributed by atoms with Crippen LogP contribution in [0.4, 0.5) is 5.69 Å². The largest absolute Gasteiger partial charge is 0.493 e. The molecule has 1 heterocycles. The summed E-state index contributed by atoms with van der Waals surface area (Å²) in [5, 5.41) is 3.34. The van der Waals surface area contributed by atoms with E-state index in [1.54, 1.807) is 39.5 Å². The first-order valence-corrected chi connectivity index (χ1v) is 9.19. The summed E-state index contributed by atoms with van der Waals surface area (Å²) in [4.78, 5) is 14.5. The zero-order valence-electron chi connectivity index (χ0n) is 16.2. The van der Waals surface area contributed by atoms with Crippen molar-refractivity contribution in [3.8, 4) is 17.2 Å². The van der Waals surface area contributed by atoms with Gasteiger partial charge in [0.1, 0.15) is 5.70 Å². The summed E-state index contributed by atoms with van der Waals surface area (Å²) in [7, 11) is 4.64. The first kappa shape index (κ1) is 19.7. The van der Waals surface area contributed by atoms with Crippen LogP contribution in [0.5, 0.6) is 17.2 Å². The van der Waals surface area contributed by atoms with Crippen LogP contribution in [0, 0.1) is 0 Å². The van der Waals surface area contributed by atoms with E-state index < -0.39 is 0 Å². The third kappa shape index (κ3) is 3.66. The maximum Gasteiger partial charge on any atom is 0.281 e. The standard InChI is InChI=1S/C21H22N2O4S/c1-5-13-7-6-8-15(9-13)23-20(24)16(22-21(23)28)10-14-11-17(25-2)19(27-4)18(12-14)26-3/h6-12H,5H2,1-4H3,(H,22,28)/b16-10+. The maximum absolute atomic E-state index is 13.0. The van der Waals surface area contributed by atoms with Crippen molar-refractivity contribution in [2.24, 2.45) is 0 Å². The maximum atomic E-state index is 13.0. The van der Waals surface area contributed by atoms with Crippen LogP contribution in [0.3, 0.4) is 0 Å². The van der Waals surface area contributed by atoms with Crippen molar-refractivity contribution < 1.29 is 19.0 Å². The fourth-order valence-corrected chi connectivity index (χ4v) is 3.33. The number of nitrogens with zero attached hydrogens (tertiary/aromatic N) is 1. The van der Waals surface area contributed by atoms with Crippen LogP contribution in [0.15, 0.2) is 42.1 Å². The number of amides is 1. The van der Waals surface area contributed by atoms with Gasteiger partial charge >= 0.3 is 0 Å². The average molecular weight is 398 g/mol. The molecule has 2 aromatic rings. The van der Waals surface area contributed by atoms with E-state index in [2.05, 4.69) is 12.2 Å². The Morgan fingerprint density at radius 1 is 1.07 bits per heavy atom. The molecule has 0 spiro atoms. The van der Waals surface area contributed by atoms with E-state index in [0.29, 0.717) is 28.1 Å². The molecular weight excluding hydrogens is 376 g/mol. The lowest BCUT2D eigenvalue weighted by molar-refractivity contribution is -0.113. The average Bonchev–Trinajstić information content (AvgIpc) is 2.99. The highest BCUT2D eigenvalue weighted by atomic mass is 32.1. The second-order valence-corrected chi connectivity index (χ2v) is 6.50. The highest BCUT2D eigenvalue weighted by Gasteiger charge is 2.32. The van der Waals surface area contributed by atoms with Crippen LogP contribution in [0.1, 0.15) is 18.1 Å². The number of benzene rings is 2. The van der Waals surface area contributed by atoms with Crippen molar-refractivity contribution >= 4 is 35.0 Å². The number of rotatable bonds is 6. The third-order valence-electron chi connectivity index (χ3n) is 4.45. The zero-order chi connectivity index (χ0) is 20.3. The number of carbonyl (C=O) groups excluding carboxylic acids is 1. The number of thiocarbonyl (C=S) groups is 1. The molecule has 0 unspecified atom stereocenters. The number of nitrogens with one attached hydrogen (secondary N) is 1. The summed E-state index contributed by atoms with van der Waals surface area (Å²) in [5.41, 5.74) is 2.98. The lowest BCUT2D eigenvalue weighted by atomic mass is 10.1. The minimum Gasteiger partial charge on any atom is -0.493 e. The van der Waals surface area contributed by atoms with Gasteiger partial charge in [-0.15, -0.1) is 0 Å². The first-order chi connectivity index (χ1) is 13.5. The van der Waals surface area contributed by atoms with Crippen LogP contribution in [-0.4, -0.2) is 32.3 Å². The Morgan fingerprint density at radius 2 is 1.75 bits per heavy atom. The summed E-state index contributed by atoms with van der Waals surface area (Å²) in [6.45, 7) is 2.07. The molecule has 0 aliphatic carbocycles. The van der Waals surface area contributed by atoms with Crippen LogP contribution in [0.25, 0.3) is 6.08 Å². The van der Waals surface area contributed by atoms with E-state index >= 15 is 0 Å². The van der Waals surface area contributed by atoms with Crippen LogP contribution >= 0.6 is 12.2 Å². The van der Waals surface area contributed by atoms with Crippen LogP contribution in [-0.2, 0) is 11.2 Å². The van der Waals surface area contributed by atoms with Gasteiger partial charge in [-0.2, -0.15) is 0 Å². The fourth-order valence-electron chi connectivity index (χ4n) is 3.04.